The molecule has 5 nitrogen and oxygen atoms in total. The number of aryl methyl sites for hydroxylation is 1. The fourth-order valence-corrected chi connectivity index (χ4v) is 5.07. The highest BCUT2D eigenvalue weighted by molar-refractivity contribution is 6.06. The number of anilines is 2. The third-order valence-corrected chi connectivity index (χ3v) is 7.38. The highest BCUT2D eigenvalue weighted by Crippen LogP contribution is 2.43. The van der Waals surface area contributed by atoms with E-state index >= 15 is 0 Å². The molecule has 0 bridgehead atoms. The Labute approximate surface area is 249 Å². The van der Waals surface area contributed by atoms with E-state index in [4.69, 9.17) is 0 Å². The zero-order valence-electron chi connectivity index (χ0n) is 23.5. The van der Waals surface area contributed by atoms with Crippen LogP contribution in [0.4, 0.5) is 46.9 Å². The van der Waals surface area contributed by atoms with Crippen molar-refractivity contribution in [1.29, 1.82) is 0 Å². The van der Waals surface area contributed by atoms with Gasteiger partial charge in [0.2, 0.25) is 0 Å². The summed E-state index contributed by atoms with van der Waals surface area (Å²) in [7, 11) is 0. The smallest absolute Gasteiger partial charge is 0.385 e. The first kappa shape index (κ1) is 31.0. The van der Waals surface area contributed by atoms with Crippen molar-refractivity contribution in [3.8, 4) is 0 Å². The number of allylic oxidation sites excluding steroid dienone is 2. The summed E-state index contributed by atoms with van der Waals surface area (Å²) >= 11 is 0. The summed E-state index contributed by atoms with van der Waals surface area (Å²) in [6, 6.07) is 12.5. The fourth-order valence-electron chi connectivity index (χ4n) is 5.07. The highest BCUT2D eigenvalue weighted by atomic mass is 19.4. The molecule has 1 unspecified atom stereocenters. The summed E-state index contributed by atoms with van der Waals surface area (Å²) in [4.78, 5) is 14.2. The molecule has 3 N–H and O–H groups in total. The topological polar surface area (TPSA) is 56.2 Å². The molecule has 5 rings (SSSR count). The Morgan fingerprint density at radius 1 is 0.864 bits per heavy atom. The first-order valence-corrected chi connectivity index (χ1v) is 14.0. The average Bonchev–Trinajstić information content (AvgIpc) is 3.74. The van der Waals surface area contributed by atoms with E-state index in [1.165, 1.54) is 24.3 Å². The molecular weight excluding hydrogens is 589 g/mol. The number of nitrogens with zero attached hydrogens (tertiary/aromatic N) is 1. The minimum Gasteiger partial charge on any atom is -0.385 e. The Bertz CT molecular complexity index is 1590. The molecule has 0 aromatic heterocycles. The maximum atomic E-state index is 13.9. The van der Waals surface area contributed by atoms with E-state index in [1.807, 2.05) is 17.2 Å². The van der Waals surface area contributed by atoms with Gasteiger partial charge in [-0.1, -0.05) is 31.2 Å². The van der Waals surface area contributed by atoms with Gasteiger partial charge in [-0.15, -0.1) is 0 Å². The second-order valence-electron chi connectivity index (χ2n) is 10.6. The molecule has 2 heterocycles. The Hall–Kier alpha value is -4.48. The van der Waals surface area contributed by atoms with Crippen molar-refractivity contribution in [3.63, 3.8) is 0 Å². The van der Waals surface area contributed by atoms with E-state index in [-0.39, 0.29) is 42.5 Å². The van der Waals surface area contributed by atoms with E-state index in [9.17, 15) is 35.5 Å². The van der Waals surface area contributed by atoms with Crippen LogP contribution in [0.2, 0.25) is 0 Å². The van der Waals surface area contributed by atoms with Gasteiger partial charge in [-0.05, 0) is 77.6 Å². The van der Waals surface area contributed by atoms with Gasteiger partial charge in [-0.25, -0.2) is 9.18 Å². The molecule has 3 aromatic carbocycles. The molecule has 0 radical (unpaired) electrons. The number of hydrogen-bond donors (Lipinski definition) is 3. The zero-order chi connectivity index (χ0) is 31.6. The number of nitrogens with one attached hydrogen (secondary N) is 3. The molecule has 1 fully saturated rings. The predicted octanol–water partition coefficient (Wildman–Crippen LogP) is 8.17. The van der Waals surface area contributed by atoms with Crippen LogP contribution in [0.1, 0.15) is 41.2 Å². The molecule has 0 spiro atoms. The van der Waals surface area contributed by atoms with Crippen molar-refractivity contribution < 1.29 is 35.5 Å². The summed E-state index contributed by atoms with van der Waals surface area (Å²) in [5.74, 6) is -0.414. The number of carbonyl (C=O) groups excluding carboxylic acids is 1. The Morgan fingerprint density at radius 3 is 2.30 bits per heavy atom. The molecule has 0 aliphatic carbocycles. The molecule has 2 amide bonds. The lowest BCUT2D eigenvalue weighted by Gasteiger charge is -2.20. The van der Waals surface area contributed by atoms with Gasteiger partial charge in [-0.3, -0.25) is 0 Å². The second kappa shape index (κ2) is 12.3. The number of alkyl halides is 6. The number of rotatable bonds is 9. The molecule has 1 saturated heterocycles. The lowest BCUT2D eigenvalue weighted by molar-refractivity contribution is -0.138. The van der Waals surface area contributed by atoms with Gasteiger partial charge in [0.05, 0.1) is 17.2 Å². The Morgan fingerprint density at radius 2 is 1.61 bits per heavy atom. The molecule has 232 valence electrons. The Balaban J connectivity index is 1.23. The van der Waals surface area contributed by atoms with Gasteiger partial charge < -0.3 is 20.9 Å². The van der Waals surface area contributed by atoms with E-state index in [2.05, 4.69) is 16.0 Å². The van der Waals surface area contributed by atoms with Gasteiger partial charge in [0.25, 0.3) is 0 Å². The second-order valence-corrected chi connectivity index (χ2v) is 10.6. The summed E-state index contributed by atoms with van der Waals surface area (Å²) in [5.41, 5.74) is 1.00. The van der Waals surface area contributed by atoms with Crippen molar-refractivity contribution in [1.82, 2.24) is 10.2 Å². The number of halogens is 7. The van der Waals surface area contributed by atoms with Crippen LogP contribution in [-0.4, -0.2) is 36.6 Å². The van der Waals surface area contributed by atoms with Gasteiger partial charge in [0.15, 0.2) is 0 Å². The van der Waals surface area contributed by atoms with Crippen LogP contribution in [0.3, 0.4) is 0 Å². The normalized spacial score (nSPS) is 16.1. The quantitative estimate of drug-likeness (QED) is 0.129. The highest BCUT2D eigenvalue weighted by Gasteiger charge is 2.36. The van der Waals surface area contributed by atoms with E-state index in [0.29, 0.717) is 23.1 Å². The van der Waals surface area contributed by atoms with Crippen molar-refractivity contribution in [2.45, 2.75) is 38.2 Å². The number of fused-ring (bicyclic) bond motifs is 1. The van der Waals surface area contributed by atoms with Crippen LogP contribution in [0, 0.1) is 5.82 Å². The predicted molar refractivity (Wildman–Crippen MR) is 155 cm³/mol. The number of amides is 2. The number of carbonyl (C=O) groups is 1. The molecule has 44 heavy (non-hydrogen) atoms. The lowest BCUT2D eigenvalue weighted by Crippen LogP contribution is -2.30. The van der Waals surface area contributed by atoms with Crippen molar-refractivity contribution >= 4 is 28.6 Å². The van der Waals surface area contributed by atoms with Crippen LogP contribution < -0.4 is 16.0 Å². The number of benzene rings is 3. The van der Waals surface area contributed by atoms with Gasteiger partial charge in [-0.2, -0.15) is 26.3 Å². The molecule has 3 aromatic rings. The third kappa shape index (κ3) is 7.35. The number of urea groups is 1. The number of hydrogen-bond acceptors (Lipinski definition) is 3. The van der Waals surface area contributed by atoms with Crippen molar-refractivity contribution in [3.05, 3.63) is 107 Å². The van der Waals surface area contributed by atoms with Crippen LogP contribution in [0.5, 0.6) is 0 Å². The summed E-state index contributed by atoms with van der Waals surface area (Å²) in [6.07, 6.45) is -4.87. The minimum absolute atomic E-state index is 0.0124. The van der Waals surface area contributed by atoms with Crippen LogP contribution >= 0.6 is 0 Å². The van der Waals surface area contributed by atoms with Gasteiger partial charge in [0.1, 0.15) is 5.82 Å². The maximum absolute atomic E-state index is 13.9. The largest absolute Gasteiger partial charge is 0.416 e. The van der Waals surface area contributed by atoms with Crippen LogP contribution in [0.25, 0.3) is 11.1 Å². The first-order valence-electron chi connectivity index (χ1n) is 14.0. The molecular formula is C32H29F7N4O. The lowest BCUT2D eigenvalue weighted by atomic mass is 9.90. The van der Waals surface area contributed by atoms with Gasteiger partial charge >= 0.3 is 18.4 Å². The van der Waals surface area contributed by atoms with Crippen LogP contribution in [-0.2, 0) is 18.8 Å². The van der Waals surface area contributed by atoms with E-state index < -0.39 is 35.3 Å². The summed E-state index contributed by atoms with van der Waals surface area (Å²) in [5, 5.41) is 7.89. The minimum atomic E-state index is -4.61. The fraction of sp³-hybridized carbons (Fsp3) is 0.281. The third-order valence-electron chi connectivity index (χ3n) is 7.38. The van der Waals surface area contributed by atoms with E-state index in [0.717, 1.165) is 30.3 Å². The Kier molecular flexibility index (Phi) is 8.62. The summed E-state index contributed by atoms with van der Waals surface area (Å²) < 4.78 is 95.1. The van der Waals surface area contributed by atoms with Gasteiger partial charge in [0, 0.05) is 42.8 Å². The molecule has 2 aliphatic rings. The molecule has 12 heteroatoms. The zero-order valence-corrected chi connectivity index (χ0v) is 23.5. The monoisotopic (exact) mass is 618 g/mol. The summed E-state index contributed by atoms with van der Waals surface area (Å²) in [6.45, 7) is 2.67. The van der Waals surface area contributed by atoms with Crippen molar-refractivity contribution in [2.75, 3.05) is 30.3 Å². The SMILES string of the molecule is CCc1ccc(NC(=O)NCCCNc2cc(C3=CN4CC4C=C3c3ccc(F)cc3)cc(C(F)(F)F)c2)cc1C(F)(F)F. The standard InChI is InChI=1S/C32H29F7N4O/c1-2-19-6-9-24(15-29(19)32(37,38)39)42-30(44)41-11-3-10-40-25-13-21(12-22(14-25)31(34,35)36)28-18-43-17-26(43)16-27(28)20-4-7-23(33)8-5-20/h4-9,12-16,18,26,40H,2-3,10-11,17H2,1H3,(H2,41,42,44). The average molecular weight is 619 g/mol. The molecule has 0 saturated carbocycles. The van der Waals surface area contributed by atoms with Crippen molar-refractivity contribution in [2.24, 2.45) is 0 Å². The first-order chi connectivity index (χ1) is 20.8. The maximum Gasteiger partial charge on any atom is 0.416 e. The van der Waals surface area contributed by atoms with Crippen LogP contribution in [0.15, 0.2) is 72.9 Å². The molecule has 2 aliphatic heterocycles. The van der Waals surface area contributed by atoms with E-state index in [1.54, 1.807) is 25.1 Å². The molecule has 1 atom stereocenters.